The van der Waals surface area contributed by atoms with Crippen LogP contribution in [0.4, 0.5) is 0 Å². The van der Waals surface area contributed by atoms with Gasteiger partial charge in [-0.3, -0.25) is 4.79 Å². The summed E-state index contributed by atoms with van der Waals surface area (Å²) < 4.78 is 0. The highest BCUT2D eigenvalue weighted by Gasteiger charge is 2.18. The fourth-order valence-electron chi connectivity index (χ4n) is 2.66. The minimum absolute atomic E-state index is 0.296. The van der Waals surface area contributed by atoms with Gasteiger partial charge in [0.05, 0.1) is 0 Å². The number of hydrogen-bond donors (Lipinski definition) is 0. The van der Waals surface area contributed by atoms with E-state index in [0.29, 0.717) is 17.5 Å². The van der Waals surface area contributed by atoms with Gasteiger partial charge in [-0.2, -0.15) is 11.8 Å². The monoisotopic (exact) mass is 270 g/mol. The van der Waals surface area contributed by atoms with E-state index >= 15 is 0 Å². The lowest BCUT2D eigenvalue weighted by molar-refractivity contribution is 0.0981. The fraction of sp³-hybridized carbons (Fsp3) is 0.353. The molecule has 1 atom stereocenters. The maximum absolute atomic E-state index is 12.3. The van der Waals surface area contributed by atoms with Crippen LogP contribution < -0.4 is 0 Å². The summed E-state index contributed by atoms with van der Waals surface area (Å²) >= 11 is 1.97. The van der Waals surface area contributed by atoms with Crippen LogP contribution in [0.3, 0.4) is 0 Å². The van der Waals surface area contributed by atoms with Crippen LogP contribution in [0, 0.1) is 0 Å². The zero-order valence-electron chi connectivity index (χ0n) is 11.0. The van der Waals surface area contributed by atoms with Crippen LogP contribution in [0.2, 0.25) is 0 Å². The molecule has 98 valence electrons. The Kier molecular flexibility index (Phi) is 3.88. The first-order valence-corrected chi connectivity index (χ1v) is 8.01. The smallest absolute Gasteiger partial charge is 0.163 e. The van der Waals surface area contributed by atoms with E-state index in [2.05, 4.69) is 18.2 Å². The Labute approximate surface area is 118 Å². The first-order valence-electron chi connectivity index (χ1n) is 6.96. The van der Waals surface area contributed by atoms with Gasteiger partial charge in [0.1, 0.15) is 0 Å². The number of ketones is 1. The van der Waals surface area contributed by atoms with E-state index in [-0.39, 0.29) is 0 Å². The molecule has 0 aromatic heterocycles. The maximum atomic E-state index is 12.3. The summed E-state index contributed by atoms with van der Waals surface area (Å²) in [5.74, 6) is 1.51. The summed E-state index contributed by atoms with van der Waals surface area (Å²) in [5.41, 5.74) is 0.866. The van der Waals surface area contributed by atoms with E-state index < -0.39 is 0 Å². The van der Waals surface area contributed by atoms with Crippen LogP contribution in [0.5, 0.6) is 0 Å². The molecule has 0 saturated carbocycles. The molecule has 0 spiro atoms. The average Bonchev–Trinajstić information content (AvgIpc) is 2.48. The number of carbonyl (C=O) groups excluding carboxylic acids is 1. The SMILES string of the molecule is O=C(CC1CCCCS1)c1ccc2ccccc2c1. The van der Waals surface area contributed by atoms with Gasteiger partial charge in [0, 0.05) is 17.2 Å². The van der Waals surface area contributed by atoms with E-state index in [4.69, 9.17) is 0 Å². The van der Waals surface area contributed by atoms with Crippen molar-refractivity contribution in [2.75, 3.05) is 5.75 Å². The summed E-state index contributed by atoms with van der Waals surface area (Å²) in [6, 6.07) is 14.3. The molecule has 1 aliphatic heterocycles. The highest BCUT2D eigenvalue weighted by molar-refractivity contribution is 7.99. The van der Waals surface area contributed by atoms with Gasteiger partial charge in [0.2, 0.25) is 0 Å². The van der Waals surface area contributed by atoms with Crippen LogP contribution in [-0.4, -0.2) is 16.8 Å². The summed E-state index contributed by atoms with van der Waals surface area (Å²) in [4.78, 5) is 12.3. The Morgan fingerprint density at radius 1 is 1.11 bits per heavy atom. The van der Waals surface area contributed by atoms with Gasteiger partial charge < -0.3 is 0 Å². The van der Waals surface area contributed by atoms with E-state index in [1.165, 1.54) is 30.4 Å². The lowest BCUT2D eigenvalue weighted by atomic mass is 10.0. The minimum Gasteiger partial charge on any atom is -0.294 e. The summed E-state index contributed by atoms with van der Waals surface area (Å²) in [6.07, 6.45) is 4.49. The number of Topliss-reactive ketones (excluding diaryl/α,β-unsaturated/α-hetero) is 1. The second kappa shape index (κ2) is 5.79. The standard InChI is InChI=1S/C17H18OS/c18-17(12-16-7-3-4-10-19-16)15-9-8-13-5-1-2-6-14(13)11-15/h1-2,5-6,8-9,11,16H,3-4,7,10,12H2. The second-order valence-corrected chi connectivity index (χ2v) is 6.59. The van der Waals surface area contributed by atoms with Crippen molar-refractivity contribution < 1.29 is 4.79 Å². The molecule has 0 aliphatic carbocycles. The third-order valence-electron chi connectivity index (χ3n) is 3.76. The summed E-state index contributed by atoms with van der Waals surface area (Å²) in [6.45, 7) is 0. The molecule has 19 heavy (non-hydrogen) atoms. The maximum Gasteiger partial charge on any atom is 0.163 e. The molecule has 1 aliphatic rings. The molecule has 0 N–H and O–H groups in total. The number of carbonyl (C=O) groups is 1. The van der Waals surface area contributed by atoms with E-state index in [9.17, 15) is 4.79 Å². The zero-order chi connectivity index (χ0) is 13.1. The van der Waals surface area contributed by atoms with Gasteiger partial charge in [0.15, 0.2) is 5.78 Å². The van der Waals surface area contributed by atoms with E-state index in [0.717, 1.165) is 10.9 Å². The minimum atomic E-state index is 0.296. The Morgan fingerprint density at radius 2 is 1.95 bits per heavy atom. The average molecular weight is 270 g/mol. The first-order chi connectivity index (χ1) is 9.33. The quantitative estimate of drug-likeness (QED) is 0.752. The van der Waals surface area contributed by atoms with Gasteiger partial charge >= 0.3 is 0 Å². The number of hydrogen-bond acceptors (Lipinski definition) is 2. The highest BCUT2D eigenvalue weighted by atomic mass is 32.2. The molecule has 1 unspecified atom stereocenters. The lowest BCUT2D eigenvalue weighted by Gasteiger charge is -2.20. The molecule has 1 saturated heterocycles. The predicted octanol–water partition coefficient (Wildman–Crippen LogP) is 4.70. The molecule has 0 bridgehead atoms. The molecule has 2 aromatic carbocycles. The van der Waals surface area contributed by atoms with E-state index in [1.54, 1.807) is 0 Å². The number of rotatable bonds is 3. The normalized spacial score (nSPS) is 19.5. The Bertz CT molecular complexity index is 585. The van der Waals surface area contributed by atoms with Crippen LogP contribution >= 0.6 is 11.8 Å². The largest absolute Gasteiger partial charge is 0.294 e. The van der Waals surface area contributed by atoms with Crippen molar-refractivity contribution in [1.82, 2.24) is 0 Å². The molecule has 1 heterocycles. The lowest BCUT2D eigenvalue weighted by Crippen LogP contribution is -2.14. The van der Waals surface area contributed by atoms with Crippen molar-refractivity contribution >= 4 is 28.3 Å². The van der Waals surface area contributed by atoms with Crippen molar-refractivity contribution in [2.24, 2.45) is 0 Å². The molecule has 3 rings (SSSR count). The molecule has 1 fully saturated rings. The van der Waals surface area contributed by atoms with Crippen LogP contribution in [-0.2, 0) is 0 Å². The van der Waals surface area contributed by atoms with Crippen molar-refractivity contribution in [1.29, 1.82) is 0 Å². The highest BCUT2D eigenvalue weighted by Crippen LogP contribution is 2.29. The van der Waals surface area contributed by atoms with Crippen LogP contribution in [0.1, 0.15) is 36.0 Å². The van der Waals surface area contributed by atoms with Crippen molar-refractivity contribution in [3.05, 3.63) is 48.0 Å². The zero-order valence-corrected chi connectivity index (χ0v) is 11.8. The van der Waals surface area contributed by atoms with Gasteiger partial charge in [-0.25, -0.2) is 0 Å². The van der Waals surface area contributed by atoms with Crippen LogP contribution in [0.15, 0.2) is 42.5 Å². The van der Waals surface area contributed by atoms with Crippen molar-refractivity contribution in [3.8, 4) is 0 Å². The third kappa shape index (κ3) is 3.01. The number of fused-ring (bicyclic) bond motifs is 1. The molecule has 0 amide bonds. The Hall–Kier alpha value is -1.28. The number of thioether (sulfide) groups is 1. The van der Waals surface area contributed by atoms with Gasteiger partial charge in [-0.15, -0.1) is 0 Å². The van der Waals surface area contributed by atoms with Crippen LogP contribution in [0.25, 0.3) is 10.8 Å². The van der Waals surface area contributed by atoms with Gasteiger partial charge in [-0.05, 0) is 35.4 Å². The summed E-state index contributed by atoms with van der Waals surface area (Å²) in [5, 5.41) is 2.89. The molecule has 0 radical (unpaired) electrons. The molecule has 2 heteroatoms. The summed E-state index contributed by atoms with van der Waals surface area (Å²) in [7, 11) is 0. The Morgan fingerprint density at radius 3 is 2.74 bits per heavy atom. The third-order valence-corrected chi connectivity index (χ3v) is 5.16. The van der Waals surface area contributed by atoms with Gasteiger partial charge in [-0.1, -0.05) is 42.8 Å². The predicted molar refractivity (Wildman–Crippen MR) is 83.0 cm³/mol. The first kappa shape index (κ1) is 12.7. The van der Waals surface area contributed by atoms with Crippen molar-refractivity contribution in [2.45, 2.75) is 30.9 Å². The fourth-order valence-corrected chi connectivity index (χ4v) is 3.96. The topological polar surface area (TPSA) is 17.1 Å². The molecular formula is C17H18OS. The molecule has 1 nitrogen and oxygen atoms in total. The number of benzene rings is 2. The van der Waals surface area contributed by atoms with Crippen molar-refractivity contribution in [3.63, 3.8) is 0 Å². The Balaban J connectivity index is 1.77. The molecular weight excluding hydrogens is 252 g/mol. The van der Waals surface area contributed by atoms with E-state index in [1.807, 2.05) is 36.0 Å². The molecule has 2 aromatic rings. The second-order valence-electron chi connectivity index (χ2n) is 5.18. The van der Waals surface area contributed by atoms with Gasteiger partial charge in [0.25, 0.3) is 0 Å².